The maximum Gasteiger partial charge on any atom is 0.233 e. The van der Waals surface area contributed by atoms with Crippen molar-refractivity contribution in [1.82, 2.24) is 20.2 Å². The van der Waals surface area contributed by atoms with Crippen molar-refractivity contribution in [1.29, 1.82) is 0 Å². The summed E-state index contributed by atoms with van der Waals surface area (Å²) in [6, 6.07) is 6.46. The number of aromatic nitrogens is 3. The number of thioether (sulfide) groups is 1. The molecule has 0 bridgehead atoms. The Balaban J connectivity index is 1.67. The number of amides is 1. The van der Waals surface area contributed by atoms with E-state index in [-0.39, 0.29) is 28.6 Å². The van der Waals surface area contributed by atoms with Crippen LogP contribution in [0.5, 0.6) is 0 Å². The van der Waals surface area contributed by atoms with Crippen LogP contribution in [0.25, 0.3) is 11.4 Å². The van der Waals surface area contributed by atoms with Crippen molar-refractivity contribution in [3.05, 3.63) is 30.1 Å². The van der Waals surface area contributed by atoms with E-state index >= 15 is 0 Å². The van der Waals surface area contributed by atoms with Gasteiger partial charge in [-0.3, -0.25) is 4.79 Å². The van der Waals surface area contributed by atoms with E-state index in [4.69, 9.17) is 5.84 Å². The Bertz CT molecular complexity index is 811. The van der Waals surface area contributed by atoms with Gasteiger partial charge in [-0.1, -0.05) is 50.6 Å². The summed E-state index contributed by atoms with van der Waals surface area (Å²) in [4.78, 5) is 12.6. The van der Waals surface area contributed by atoms with Crippen LogP contribution < -0.4 is 11.2 Å². The summed E-state index contributed by atoms with van der Waals surface area (Å²) in [5.41, 5.74) is 0.279. The number of hydrogen-bond donors (Lipinski definition) is 2. The van der Waals surface area contributed by atoms with Gasteiger partial charge in [0.1, 0.15) is 5.82 Å². The molecule has 3 rings (SSSR count). The lowest BCUT2D eigenvalue weighted by atomic mass is 9.78. The topological polar surface area (TPSA) is 85.8 Å². The summed E-state index contributed by atoms with van der Waals surface area (Å²) >= 11 is 1.22. The summed E-state index contributed by atoms with van der Waals surface area (Å²) in [6.07, 6.45) is 3.37. The number of hydrogen-bond acceptors (Lipinski definition) is 5. The predicted molar refractivity (Wildman–Crippen MR) is 105 cm³/mol. The van der Waals surface area contributed by atoms with E-state index in [2.05, 4.69) is 29.4 Å². The van der Waals surface area contributed by atoms with Crippen LogP contribution in [0.2, 0.25) is 0 Å². The first-order valence-corrected chi connectivity index (χ1v) is 10.2. The number of nitrogens with one attached hydrogen (secondary N) is 1. The third-order valence-corrected chi connectivity index (χ3v) is 6.52. The predicted octanol–water partition coefficient (Wildman–Crippen LogP) is 3.22. The molecule has 27 heavy (non-hydrogen) atoms. The summed E-state index contributed by atoms with van der Waals surface area (Å²) in [5.74, 6) is 6.90. The Morgan fingerprint density at radius 2 is 2.07 bits per heavy atom. The molecule has 4 atom stereocenters. The lowest BCUT2D eigenvalue weighted by molar-refractivity contribution is -0.121. The minimum absolute atomic E-state index is 0.0404. The van der Waals surface area contributed by atoms with Crippen molar-refractivity contribution in [2.75, 3.05) is 5.84 Å². The van der Waals surface area contributed by atoms with Crippen LogP contribution >= 0.6 is 11.8 Å². The molecular weight excluding hydrogens is 365 g/mol. The molecule has 1 aliphatic carbocycles. The highest BCUT2D eigenvalue weighted by atomic mass is 32.2. The van der Waals surface area contributed by atoms with Gasteiger partial charge in [0.2, 0.25) is 11.1 Å². The van der Waals surface area contributed by atoms with Gasteiger partial charge in [0.15, 0.2) is 5.82 Å². The van der Waals surface area contributed by atoms with E-state index in [1.165, 1.54) is 28.9 Å². The zero-order chi connectivity index (χ0) is 19.6. The van der Waals surface area contributed by atoms with Gasteiger partial charge in [0.25, 0.3) is 0 Å². The van der Waals surface area contributed by atoms with E-state index in [1.54, 1.807) is 18.2 Å². The molecule has 2 aromatic rings. The van der Waals surface area contributed by atoms with Crippen LogP contribution in [0.3, 0.4) is 0 Å². The fourth-order valence-corrected chi connectivity index (χ4v) is 4.26. The van der Waals surface area contributed by atoms with Crippen molar-refractivity contribution in [2.24, 2.45) is 11.8 Å². The zero-order valence-corrected chi connectivity index (χ0v) is 16.7. The van der Waals surface area contributed by atoms with Gasteiger partial charge in [-0.2, -0.15) is 0 Å². The fourth-order valence-electron chi connectivity index (χ4n) is 3.48. The molecule has 1 amide bonds. The van der Waals surface area contributed by atoms with Crippen LogP contribution in [0.4, 0.5) is 4.39 Å². The fraction of sp³-hybridized carbons (Fsp3) is 0.526. The van der Waals surface area contributed by atoms with Gasteiger partial charge in [-0.25, -0.2) is 9.07 Å². The smallest absolute Gasteiger partial charge is 0.233 e. The molecule has 0 aliphatic heterocycles. The Morgan fingerprint density at radius 1 is 1.33 bits per heavy atom. The van der Waals surface area contributed by atoms with E-state index in [0.717, 1.165) is 12.8 Å². The first-order valence-electron chi connectivity index (χ1n) is 9.31. The van der Waals surface area contributed by atoms with Gasteiger partial charge in [-0.15, -0.1) is 10.2 Å². The van der Waals surface area contributed by atoms with Gasteiger partial charge in [0.05, 0.1) is 10.8 Å². The summed E-state index contributed by atoms with van der Waals surface area (Å²) in [6.45, 7) is 6.25. The van der Waals surface area contributed by atoms with Gasteiger partial charge in [-0.05, 0) is 37.3 Å². The number of nitrogens with two attached hydrogens (primary N) is 1. The first-order chi connectivity index (χ1) is 12.9. The molecule has 8 heteroatoms. The molecule has 1 aliphatic rings. The Kier molecular flexibility index (Phi) is 6.04. The molecule has 3 N–H and O–H groups in total. The van der Waals surface area contributed by atoms with Gasteiger partial charge < -0.3 is 11.2 Å². The monoisotopic (exact) mass is 391 g/mol. The van der Waals surface area contributed by atoms with Crippen LogP contribution in [-0.2, 0) is 4.79 Å². The second kappa shape index (κ2) is 8.29. The number of nitrogen functional groups attached to an aromatic ring is 1. The molecule has 1 saturated carbocycles. The minimum Gasteiger partial charge on any atom is -0.352 e. The quantitative estimate of drug-likeness (QED) is 0.604. The molecule has 146 valence electrons. The highest BCUT2D eigenvalue weighted by Gasteiger charge is 2.30. The maximum absolute atomic E-state index is 14.0. The average molecular weight is 392 g/mol. The molecule has 1 aromatic heterocycles. The maximum atomic E-state index is 14.0. The normalized spacial score (nSPS) is 23.8. The molecule has 1 aromatic carbocycles. The molecule has 1 heterocycles. The molecule has 0 radical (unpaired) electrons. The third kappa shape index (κ3) is 4.26. The number of carbonyl (C=O) groups is 1. The standard InChI is InChI=1S/C19H26FN5OS/c1-11-7-6-10-16(12(11)2)22-18(26)13(3)27-19-24-23-17(25(19)21)14-8-4-5-9-15(14)20/h4-5,8-9,11-13,16H,6-7,10,21H2,1-3H3,(H,22,26)/t11-,12+,13+,16+/m0/s1. The van der Waals surface area contributed by atoms with Crippen molar-refractivity contribution < 1.29 is 9.18 Å². The summed E-state index contributed by atoms with van der Waals surface area (Å²) in [5, 5.41) is 11.2. The first kappa shape index (κ1) is 19.7. The van der Waals surface area contributed by atoms with Crippen LogP contribution in [-0.4, -0.2) is 32.1 Å². The summed E-state index contributed by atoms with van der Waals surface area (Å²) < 4.78 is 15.2. The molecular formula is C19H26FN5OS. The van der Waals surface area contributed by atoms with Gasteiger partial charge in [0, 0.05) is 6.04 Å². The zero-order valence-electron chi connectivity index (χ0n) is 15.9. The second-order valence-electron chi connectivity index (χ2n) is 7.30. The van der Waals surface area contributed by atoms with E-state index in [0.29, 0.717) is 17.0 Å². The van der Waals surface area contributed by atoms with E-state index < -0.39 is 5.82 Å². The molecule has 0 spiro atoms. The lowest BCUT2D eigenvalue weighted by Gasteiger charge is -2.35. The van der Waals surface area contributed by atoms with Crippen molar-refractivity contribution >= 4 is 17.7 Å². The average Bonchev–Trinajstić information content (AvgIpc) is 3.00. The largest absolute Gasteiger partial charge is 0.352 e. The SMILES string of the molecule is C[C@@H]1[C@@H](C)CCC[C@H]1NC(=O)[C@@H](C)Sc1nnc(-c2ccccc2F)n1N. The Morgan fingerprint density at radius 3 is 2.81 bits per heavy atom. The highest BCUT2D eigenvalue weighted by Crippen LogP contribution is 2.30. The second-order valence-corrected chi connectivity index (χ2v) is 8.61. The number of halogens is 1. The van der Waals surface area contributed by atoms with Crippen LogP contribution in [0.1, 0.15) is 40.0 Å². The van der Waals surface area contributed by atoms with E-state index in [1.807, 2.05) is 6.92 Å². The molecule has 0 unspecified atom stereocenters. The molecule has 1 fully saturated rings. The highest BCUT2D eigenvalue weighted by molar-refractivity contribution is 8.00. The lowest BCUT2D eigenvalue weighted by Crippen LogP contribution is -2.46. The number of benzene rings is 1. The number of rotatable bonds is 5. The minimum atomic E-state index is -0.417. The van der Waals surface area contributed by atoms with Crippen molar-refractivity contribution in [2.45, 2.75) is 56.5 Å². The molecule has 0 saturated heterocycles. The summed E-state index contributed by atoms with van der Waals surface area (Å²) in [7, 11) is 0. The Hall–Kier alpha value is -2.09. The molecule has 6 nitrogen and oxygen atoms in total. The van der Waals surface area contributed by atoms with Gasteiger partial charge >= 0.3 is 0 Å². The van der Waals surface area contributed by atoms with E-state index in [9.17, 15) is 9.18 Å². The third-order valence-electron chi connectivity index (χ3n) is 5.47. The van der Waals surface area contributed by atoms with Crippen LogP contribution in [0.15, 0.2) is 29.4 Å². The van der Waals surface area contributed by atoms with Crippen molar-refractivity contribution in [3.8, 4) is 11.4 Å². The Labute approximate surface area is 163 Å². The number of carbonyl (C=O) groups excluding carboxylic acids is 1. The van der Waals surface area contributed by atoms with Crippen molar-refractivity contribution in [3.63, 3.8) is 0 Å². The van der Waals surface area contributed by atoms with Crippen LogP contribution in [0, 0.1) is 17.7 Å². The number of nitrogens with zero attached hydrogens (tertiary/aromatic N) is 3.